The average molecular weight is 286 g/mol. The first-order chi connectivity index (χ1) is 10.3. The van der Waals surface area contributed by atoms with Crippen molar-refractivity contribution >= 4 is 5.97 Å². The molecule has 0 unspecified atom stereocenters. The fraction of sp³-hybridized carbons (Fsp3) is 0.235. The third-order valence-electron chi connectivity index (χ3n) is 2.73. The Kier molecular flexibility index (Phi) is 5.64. The van der Waals surface area contributed by atoms with Crippen molar-refractivity contribution in [3.8, 4) is 11.5 Å². The van der Waals surface area contributed by atoms with E-state index >= 15 is 0 Å². The van der Waals surface area contributed by atoms with Crippen LogP contribution in [0.15, 0.2) is 54.6 Å². The smallest absolute Gasteiger partial charge is 0.344 e. The van der Waals surface area contributed by atoms with Gasteiger partial charge in [0.2, 0.25) is 0 Å². The van der Waals surface area contributed by atoms with Gasteiger partial charge in [0, 0.05) is 0 Å². The molecule has 21 heavy (non-hydrogen) atoms. The predicted molar refractivity (Wildman–Crippen MR) is 79.3 cm³/mol. The molecule has 2 rings (SSSR count). The summed E-state index contributed by atoms with van der Waals surface area (Å²) in [5, 5.41) is 0. The van der Waals surface area contributed by atoms with Gasteiger partial charge in [0.1, 0.15) is 18.1 Å². The Morgan fingerprint density at radius 1 is 0.905 bits per heavy atom. The minimum absolute atomic E-state index is 0.0853. The van der Waals surface area contributed by atoms with Gasteiger partial charge in [-0.15, -0.1) is 0 Å². The third-order valence-corrected chi connectivity index (χ3v) is 2.73. The number of carbonyl (C=O) groups excluding carboxylic acids is 1. The number of ether oxygens (including phenoxy) is 3. The van der Waals surface area contributed by atoms with E-state index in [1.54, 1.807) is 19.1 Å². The van der Waals surface area contributed by atoms with Crippen molar-refractivity contribution in [3.05, 3.63) is 60.2 Å². The van der Waals surface area contributed by atoms with Gasteiger partial charge in [-0.25, -0.2) is 4.79 Å². The average Bonchev–Trinajstić information content (AvgIpc) is 2.53. The summed E-state index contributed by atoms with van der Waals surface area (Å²) < 4.78 is 15.8. The number of hydrogen-bond acceptors (Lipinski definition) is 4. The van der Waals surface area contributed by atoms with Crippen LogP contribution >= 0.6 is 0 Å². The molecule has 0 aromatic heterocycles. The van der Waals surface area contributed by atoms with Gasteiger partial charge in [0.15, 0.2) is 6.61 Å². The summed E-state index contributed by atoms with van der Waals surface area (Å²) in [4.78, 5) is 11.2. The van der Waals surface area contributed by atoms with Crippen LogP contribution in [-0.4, -0.2) is 19.2 Å². The molecule has 0 bridgehead atoms. The molecule has 0 atom stereocenters. The van der Waals surface area contributed by atoms with E-state index < -0.39 is 0 Å². The molecule has 0 N–H and O–H groups in total. The van der Waals surface area contributed by atoms with Crippen LogP contribution in [-0.2, 0) is 16.1 Å². The van der Waals surface area contributed by atoms with Crippen LogP contribution < -0.4 is 9.47 Å². The SMILES string of the molecule is CCOC(=O)COc1ccc(OCc2ccccc2)cc1. The van der Waals surface area contributed by atoms with E-state index in [0.717, 1.165) is 11.3 Å². The van der Waals surface area contributed by atoms with Gasteiger partial charge in [-0.05, 0) is 36.8 Å². The standard InChI is InChI=1S/C17H18O4/c1-2-19-17(18)13-21-16-10-8-15(9-11-16)20-12-14-6-4-3-5-7-14/h3-11H,2,12-13H2,1H3. The van der Waals surface area contributed by atoms with Gasteiger partial charge in [-0.2, -0.15) is 0 Å². The molecule has 0 spiro atoms. The van der Waals surface area contributed by atoms with Crippen molar-refractivity contribution < 1.29 is 19.0 Å². The molecule has 110 valence electrons. The first-order valence-electron chi connectivity index (χ1n) is 6.83. The van der Waals surface area contributed by atoms with E-state index in [2.05, 4.69) is 0 Å². The highest BCUT2D eigenvalue weighted by molar-refractivity contribution is 5.71. The number of hydrogen-bond donors (Lipinski definition) is 0. The molecule has 4 nitrogen and oxygen atoms in total. The second-order valence-corrected chi connectivity index (χ2v) is 4.34. The summed E-state index contributed by atoms with van der Waals surface area (Å²) >= 11 is 0. The monoisotopic (exact) mass is 286 g/mol. The van der Waals surface area contributed by atoms with Gasteiger partial charge in [-0.3, -0.25) is 0 Å². The van der Waals surface area contributed by atoms with Crippen molar-refractivity contribution in [2.24, 2.45) is 0 Å². The first-order valence-corrected chi connectivity index (χ1v) is 6.83. The molecule has 0 amide bonds. The van der Waals surface area contributed by atoms with Gasteiger partial charge < -0.3 is 14.2 Å². The predicted octanol–water partition coefficient (Wildman–Crippen LogP) is 3.21. The molecular formula is C17H18O4. The van der Waals surface area contributed by atoms with Crippen molar-refractivity contribution in [2.45, 2.75) is 13.5 Å². The van der Waals surface area contributed by atoms with E-state index in [9.17, 15) is 4.79 Å². The lowest BCUT2D eigenvalue weighted by molar-refractivity contribution is -0.145. The number of carbonyl (C=O) groups is 1. The van der Waals surface area contributed by atoms with Crippen molar-refractivity contribution in [3.63, 3.8) is 0 Å². The van der Waals surface area contributed by atoms with E-state index in [-0.39, 0.29) is 12.6 Å². The Labute approximate surface area is 124 Å². The normalized spacial score (nSPS) is 9.95. The molecule has 0 saturated carbocycles. The second kappa shape index (κ2) is 7.94. The van der Waals surface area contributed by atoms with Crippen molar-refractivity contribution in [1.29, 1.82) is 0 Å². The van der Waals surface area contributed by atoms with E-state index in [0.29, 0.717) is 19.0 Å². The Hall–Kier alpha value is -2.49. The van der Waals surface area contributed by atoms with Gasteiger partial charge in [0.05, 0.1) is 6.61 Å². The fourth-order valence-corrected chi connectivity index (χ4v) is 1.72. The van der Waals surface area contributed by atoms with Gasteiger partial charge in [-0.1, -0.05) is 30.3 Å². The molecule has 0 heterocycles. The summed E-state index contributed by atoms with van der Waals surface area (Å²) in [6.45, 7) is 2.55. The highest BCUT2D eigenvalue weighted by Crippen LogP contribution is 2.18. The lowest BCUT2D eigenvalue weighted by Crippen LogP contribution is -2.14. The molecule has 0 aliphatic rings. The third kappa shape index (κ3) is 5.18. The summed E-state index contributed by atoms with van der Waals surface area (Å²) in [5.74, 6) is 0.986. The van der Waals surface area contributed by atoms with Crippen LogP contribution in [0.2, 0.25) is 0 Å². The zero-order chi connectivity index (χ0) is 14.9. The van der Waals surface area contributed by atoms with E-state index in [1.165, 1.54) is 0 Å². The highest BCUT2D eigenvalue weighted by Gasteiger charge is 2.03. The Morgan fingerprint density at radius 3 is 2.14 bits per heavy atom. The zero-order valence-corrected chi connectivity index (χ0v) is 12.0. The molecular weight excluding hydrogens is 268 g/mol. The van der Waals surface area contributed by atoms with Gasteiger partial charge in [0.25, 0.3) is 0 Å². The molecule has 2 aromatic carbocycles. The van der Waals surface area contributed by atoms with Crippen LogP contribution in [0.25, 0.3) is 0 Å². The molecule has 0 radical (unpaired) electrons. The molecule has 0 aliphatic carbocycles. The minimum atomic E-state index is -0.373. The number of rotatable bonds is 7. The summed E-state index contributed by atoms with van der Waals surface area (Å²) in [5.41, 5.74) is 1.11. The van der Waals surface area contributed by atoms with Crippen LogP contribution in [0, 0.1) is 0 Å². The van der Waals surface area contributed by atoms with Crippen LogP contribution in [0.5, 0.6) is 11.5 Å². The topological polar surface area (TPSA) is 44.8 Å². The number of benzene rings is 2. The maximum atomic E-state index is 11.2. The van der Waals surface area contributed by atoms with Crippen LogP contribution in [0.3, 0.4) is 0 Å². The molecule has 0 fully saturated rings. The highest BCUT2D eigenvalue weighted by atomic mass is 16.6. The summed E-state index contributed by atoms with van der Waals surface area (Å²) in [6, 6.07) is 17.1. The van der Waals surface area contributed by atoms with Gasteiger partial charge >= 0.3 is 5.97 Å². The second-order valence-electron chi connectivity index (χ2n) is 4.34. The summed E-state index contributed by atoms with van der Waals surface area (Å²) in [6.07, 6.45) is 0. The summed E-state index contributed by atoms with van der Waals surface area (Å²) in [7, 11) is 0. The van der Waals surface area contributed by atoms with Crippen molar-refractivity contribution in [1.82, 2.24) is 0 Å². The first kappa shape index (κ1) is 14.9. The molecule has 2 aromatic rings. The zero-order valence-electron chi connectivity index (χ0n) is 12.0. The van der Waals surface area contributed by atoms with Crippen LogP contribution in [0.1, 0.15) is 12.5 Å². The molecule has 0 aliphatic heterocycles. The Balaban J connectivity index is 1.80. The Bertz CT molecular complexity index is 549. The lowest BCUT2D eigenvalue weighted by Gasteiger charge is -2.08. The van der Waals surface area contributed by atoms with Crippen molar-refractivity contribution in [2.75, 3.05) is 13.2 Å². The minimum Gasteiger partial charge on any atom is -0.489 e. The maximum Gasteiger partial charge on any atom is 0.344 e. The van der Waals surface area contributed by atoms with E-state index in [4.69, 9.17) is 14.2 Å². The fourth-order valence-electron chi connectivity index (χ4n) is 1.72. The van der Waals surface area contributed by atoms with E-state index in [1.807, 2.05) is 42.5 Å². The van der Waals surface area contributed by atoms with Crippen LogP contribution in [0.4, 0.5) is 0 Å². The quantitative estimate of drug-likeness (QED) is 0.733. The number of esters is 1. The largest absolute Gasteiger partial charge is 0.489 e. The lowest BCUT2D eigenvalue weighted by atomic mass is 10.2. The maximum absolute atomic E-state index is 11.2. The molecule has 4 heteroatoms. The Morgan fingerprint density at radius 2 is 1.52 bits per heavy atom. The molecule has 0 saturated heterocycles.